The minimum absolute atomic E-state index is 0.616. The second-order valence-corrected chi connectivity index (χ2v) is 3.46. The number of allylic oxidation sites excluding steroid dienone is 2. The molecule has 0 N–H and O–H groups in total. The highest BCUT2D eigenvalue weighted by atomic mass is 15.1. The first kappa shape index (κ1) is 9.37. The number of likely N-dealkylation sites (N-methyl/N-ethyl adjacent to an activating group) is 1. The molecule has 1 atom stereocenters. The zero-order valence-electron chi connectivity index (χ0n) is 8.33. The van der Waals surface area contributed by atoms with Gasteiger partial charge in [-0.3, -0.25) is 0 Å². The van der Waals surface area contributed by atoms with Gasteiger partial charge in [0.2, 0.25) is 0 Å². The molecule has 0 fully saturated rings. The van der Waals surface area contributed by atoms with E-state index in [9.17, 15) is 0 Å². The van der Waals surface area contributed by atoms with Gasteiger partial charge >= 0.3 is 0 Å². The molecule has 1 aliphatic heterocycles. The van der Waals surface area contributed by atoms with Crippen molar-refractivity contribution in [1.82, 2.24) is 4.90 Å². The van der Waals surface area contributed by atoms with Crippen LogP contribution in [0.4, 0.5) is 0 Å². The van der Waals surface area contributed by atoms with E-state index < -0.39 is 0 Å². The summed E-state index contributed by atoms with van der Waals surface area (Å²) in [5, 5.41) is 0. The average Bonchev–Trinajstić information content (AvgIpc) is 2.10. The van der Waals surface area contributed by atoms with E-state index >= 15 is 0 Å². The zero-order chi connectivity index (χ0) is 8.97. The van der Waals surface area contributed by atoms with Gasteiger partial charge in [0.1, 0.15) is 0 Å². The maximum absolute atomic E-state index is 2.30. The van der Waals surface area contributed by atoms with Crippen molar-refractivity contribution in [2.24, 2.45) is 5.92 Å². The van der Waals surface area contributed by atoms with Gasteiger partial charge in [0.15, 0.2) is 0 Å². The Balaban J connectivity index is 2.60. The Morgan fingerprint density at radius 1 is 1.25 bits per heavy atom. The molecule has 0 amide bonds. The van der Waals surface area contributed by atoms with E-state index in [0.717, 1.165) is 5.92 Å². The first-order valence-electron chi connectivity index (χ1n) is 4.86. The van der Waals surface area contributed by atoms with Crippen molar-refractivity contribution in [3.63, 3.8) is 0 Å². The molecule has 12 heavy (non-hydrogen) atoms. The fraction of sp³-hybridized carbons (Fsp3) is 0.636. The molecule has 0 aliphatic carbocycles. The molecule has 1 heteroatoms. The molecule has 68 valence electrons. The molecule has 0 spiro atoms. The topological polar surface area (TPSA) is 3.24 Å². The first-order chi connectivity index (χ1) is 5.79. The summed E-state index contributed by atoms with van der Waals surface area (Å²) in [6, 6.07) is 0.616. The Bertz CT molecular complexity index is 177. The van der Waals surface area contributed by atoms with E-state index in [4.69, 9.17) is 0 Å². The molecule has 0 aromatic heterocycles. The van der Waals surface area contributed by atoms with E-state index in [1.54, 1.807) is 0 Å². The summed E-state index contributed by atoms with van der Waals surface area (Å²) in [5.41, 5.74) is 0. The Morgan fingerprint density at radius 2 is 1.92 bits per heavy atom. The molecule has 0 aromatic rings. The predicted molar refractivity (Wildman–Crippen MR) is 53.9 cm³/mol. The Hall–Kier alpha value is -0.720. The van der Waals surface area contributed by atoms with Crippen molar-refractivity contribution in [2.75, 3.05) is 7.05 Å². The lowest BCUT2D eigenvalue weighted by Crippen LogP contribution is -2.33. The van der Waals surface area contributed by atoms with Crippen LogP contribution in [0.1, 0.15) is 26.7 Å². The quantitative estimate of drug-likeness (QED) is 0.621. The van der Waals surface area contributed by atoms with Gasteiger partial charge in [0.05, 0.1) is 0 Å². The maximum atomic E-state index is 2.30. The molecule has 1 unspecified atom stereocenters. The van der Waals surface area contributed by atoms with Crippen LogP contribution in [0.2, 0.25) is 0 Å². The number of hydrogen-bond acceptors (Lipinski definition) is 1. The van der Waals surface area contributed by atoms with Crippen molar-refractivity contribution in [2.45, 2.75) is 32.7 Å². The van der Waals surface area contributed by atoms with Gasteiger partial charge in [-0.15, -0.1) is 0 Å². The third-order valence-corrected chi connectivity index (χ3v) is 2.74. The lowest BCUT2D eigenvalue weighted by molar-refractivity contribution is 0.265. The maximum Gasteiger partial charge on any atom is 0.0495 e. The van der Waals surface area contributed by atoms with Gasteiger partial charge in [-0.05, 0) is 18.2 Å². The summed E-state index contributed by atoms with van der Waals surface area (Å²) in [7, 11) is 2.16. The van der Waals surface area contributed by atoms with Crippen LogP contribution >= 0.6 is 0 Å². The average molecular weight is 165 g/mol. The monoisotopic (exact) mass is 165 g/mol. The lowest BCUT2D eigenvalue weighted by atomic mass is 9.92. The van der Waals surface area contributed by atoms with Crippen LogP contribution in [0, 0.1) is 5.92 Å². The van der Waals surface area contributed by atoms with E-state index in [2.05, 4.69) is 50.2 Å². The van der Waals surface area contributed by atoms with Crippen LogP contribution in [0.5, 0.6) is 0 Å². The fourth-order valence-electron chi connectivity index (χ4n) is 1.86. The molecule has 1 nitrogen and oxygen atoms in total. The van der Waals surface area contributed by atoms with Crippen molar-refractivity contribution in [1.29, 1.82) is 0 Å². The van der Waals surface area contributed by atoms with E-state index in [0.29, 0.717) is 6.04 Å². The predicted octanol–water partition coefficient (Wildman–Crippen LogP) is 2.81. The summed E-state index contributed by atoms with van der Waals surface area (Å²) in [5.74, 6) is 0.802. The van der Waals surface area contributed by atoms with Crippen molar-refractivity contribution in [3.8, 4) is 0 Å². The first-order valence-corrected chi connectivity index (χ1v) is 4.86. The normalized spacial score (nSPS) is 22.3. The third kappa shape index (κ3) is 1.90. The summed E-state index contributed by atoms with van der Waals surface area (Å²) >= 11 is 0. The van der Waals surface area contributed by atoms with E-state index in [1.807, 2.05) is 0 Å². The molecule has 1 rings (SSSR count). The largest absolute Gasteiger partial charge is 0.374 e. The molecule has 0 radical (unpaired) electrons. The molecule has 0 saturated carbocycles. The summed E-state index contributed by atoms with van der Waals surface area (Å²) in [6.45, 7) is 4.54. The molecule has 1 aliphatic rings. The highest BCUT2D eigenvalue weighted by Gasteiger charge is 2.18. The fourth-order valence-corrected chi connectivity index (χ4v) is 1.86. The zero-order valence-corrected chi connectivity index (χ0v) is 8.33. The van der Waals surface area contributed by atoms with Crippen LogP contribution < -0.4 is 0 Å². The molecular weight excluding hydrogens is 146 g/mol. The Labute approximate surface area is 75.8 Å². The molecule has 0 saturated heterocycles. The molecule has 0 bridgehead atoms. The van der Waals surface area contributed by atoms with Crippen LogP contribution in [0.15, 0.2) is 24.4 Å². The van der Waals surface area contributed by atoms with E-state index in [-0.39, 0.29) is 0 Å². The molecular formula is C11H19N. The molecule has 0 aromatic carbocycles. The summed E-state index contributed by atoms with van der Waals surface area (Å²) in [4.78, 5) is 2.30. The number of hydrogen-bond donors (Lipinski definition) is 0. The minimum atomic E-state index is 0.616. The number of rotatable bonds is 3. The number of nitrogens with zero attached hydrogens (tertiary/aromatic N) is 1. The Kier molecular flexibility index (Phi) is 3.39. The van der Waals surface area contributed by atoms with Crippen LogP contribution in [0.3, 0.4) is 0 Å². The highest BCUT2D eigenvalue weighted by molar-refractivity contribution is 5.13. The minimum Gasteiger partial charge on any atom is -0.374 e. The van der Waals surface area contributed by atoms with Gasteiger partial charge in [0.25, 0.3) is 0 Å². The van der Waals surface area contributed by atoms with Crippen molar-refractivity contribution < 1.29 is 0 Å². The smallest absolute Gasteiger partial charge is 0.0495 e. The SMILES string of the molecule is CCC(CC)C1C=CC=CN1C. The summed E-state index contributed by atoms with van der Waals surface area (Å²) < 4.78 is 0. The van der Waals surface area contributed by atoms with Crippen molar-refractivity contribution in [3.05, 3.63) is 24.4 Å². The van der Waals surface area contributed by atoms with Crippen LogP contribution in [-0.2, 0) is 0 Å². The second kappa shape index (κ2) is 4.34. The molecule has 1 heterocycles. The standard InChI is InChI=1S/C11H19N/c1-4-10(5-2)11-8-6-7-9-12(11)3/h6-11H,4-5H2,1-3H3. The van der Waals surface area contributed by atoms with Gasteiger partial charge < -0.3 is 4.90 Å². The van der Waals surface area contributed by atoms with E-state index in [1.165, 1.54) is 12.8 Å². The van der Waals surface area contributed by atoms with Gasteiger partial charge in [0, 0.05) is 13.1 Å². The Morgan fingerprint density at radius 3 is 2.42 bits per heavy atom. The lowest BCUT2D eigenvalue weighted by Gasteiger charge is -2.32. The van der Waals surface area contributed by atoms with Gasteiger partial charge in [-0.25, -0.2) is 0 Å². The third-order valence-electron chi connectivity index (χ3n) is 2.74. The second-order valence-electron chi connectivity index (χ2n) is 3.46. The van der Waals surface area contributed by atoms with Gasteiger partial charge in [-0.1, -0.05) is 38.8 Å². The highest BCUT2D eigenvalue weighted by Crippen LogP contribution is 2.20. The van der Waals surface area contributed by atoms with Crippen LogP contribution in [0.25, 0.3) is 0 Å². The van der Waals surface area contributed by atoms with Gasteiger partial charge in [-0.2, -0.15) is 0 Å². The van der Waals surface area contributed by atoms with Crippen LogP contribution in [-0.4, -0.2) is 18.0 Å². The summed E-state index contributed by atoms with van der Waals surface area (Å²) in [6.07, 6.45) is 11.2. The van der Waals surface area contributed by atoms with Crippen molar-refractivity contribution >= 4 is 0 Å².